The van der Waals surface area contributed by atoms with E-state index in [1.165, 1.54) is 16.1 Å². The Kier molecular flexibility index (Phi) is 6.12. The van der Waals surface area contributed by atoms with Gasteiger partial charge in [-0.15, -0.1) is 0 Å². The Morgan fingerprint density at radius 1 is 1.11 bits per heavy atom. The predicted octanol–water partition coefficient (Wildman–Crippen LogP) is 1.70. The van der Waals surface area contributed by atoms with Crippen LogP contribution < -0.4 is 0 Å². The minimum Gasteiger partial charge on any atom is -0.340 e. The van der Waals surface area contributed by atoms with Crippen LogP contribution in [0.25, 0.3) is 0 Å². The Morgan fingerprint density at radius 3 is 2.44 bits per heavy atom. The van der Waals surface area contributed by atoms with E-state index in [-0.39, 0.29) is 17.6 Å². The molecule has 0 bridgehead atoms. The van der Waals surface area contributed by atoms with Crippen molar-refractivity contribution in [3.63, 3.8) is 0 Å². The second kappa shape index (κ2) is 8.20. The number of thioether (sulfide) groups is 1. The van der Waals surface area contributed by atoms with Crippen molar-refractivity contribution in [2.45, 2.75) is 25.2 Å². The molecular formula is C18H25N3O4S2. The van der Waals surface area contributed by atoms with E-state index in [4.69, 9.17) is 0 Å². The highest BCUT2D eigenvalue weighted by atomic mass is 32.2. The Bertz CT molecular complexity index is 833. The van der Waals surface area contributed by atoms with Crippen LogP contribution >= 0.6 is 11.8 Å². The standard InChI is InChI=1S/C18H25N3O4S2/c1-14-3-4-15(2)16(13-14)27(24,25)21-9-7-19(8-10-21)17(22)5-6-20-11-12-26-18(20)23/h3-4,13H,5-12H2,1-2H3. The molecule has 0 aliphatic carbocycles. The van der Waals surface area contributed by atoms with Gasteiger partial charge < -0.3 is 9.80 Å². The van der Waals surface area contributed by atoms with Crippen LogP contribution in [0, 0.1) is 13.8 Å². The van der Waals surface area contributed by atoms with Crippen LogP contribution in [0.1, 0.15) is 17.5 Å². The lowest BCUT2D eigenvalue weighted by atomic mass is 10.2. The zero-order valence-corrected chi connectivity index (χ0v) is 17.3. The first kappa shape index (κ1) is 20.2. The second-order valence-corrected chi connectivity index (χ2v) is 9.86. The minimum atomic E-state index is -3.56. The highest BCUT2D eigenvalue weighted by Gasteiger charge is 2.31. The monoisotopic (exact) mass is 411 g/mol. The molecule has 3 rings (SSSR count). The molecule has 0 unspecified atom stereocenters. The van der Waals surface area contributed by atoms with Gasteiger partial charge in [-0.05, 0) is 31.0 Å². The number of aryl methyl sites for hydroxylation is 2. The topological polar surface area (TPSA) is 78.0 Å². The zero-order chi connectivity index (χ0) is 19.6. The molecule has 2 fully saturated rings. The molecule has 0 radical (unpaired) electrons. The average Bonchev–Trinajstić information content (AvgIpc) is 3.06. The molecular weight excluding hydrogens is 386 g/mol. The molecule has 1 aromatic rings. The molecule has 0 N–H and O–H groups in total. The summed E-state index contributed by atoms with van der Waals surface area (Å²) in [5.74, 6) is 0.755. The molecule has 27 heavy (non-hydrogen) atoms. The third-order valence-corrected chi connectivity index (χ3v) is 7.93. The SMILES string of the molecule is Cc1ccc(C)c(S(=O)(=O)N2CCN(C(=O)CCN3CCSC3=O)CC2)c1. The van der Waals surface area contributed by atoms with Crippen molar-refractivity contribution in [3.8, 4) is 0 Å². The van der Waals surface area contributed by atoms with Gasteiger partial charge in [0.15, 0.2) is 0 Å². The fourth-order valence-electron chi connectivity index (χ4n) is 3.32. The van der Waals surface area contributed by atoms with Crippen molar-refractivity contribution in [1.29, 1.82) is 0 Å². The van der Waals surface area contributed by atoms with E-state index in [0.29, 0.717) is 44.2 Å². The maximum atomic E-state index is 12.9. The summed E-state index contributed by atoms with van der Waals surface area (Å²) >= 11 is 1.28. The molecule has 0 aromatic heterocycles. The summed E-state index contributed by atoms with van der Waals surface area (Å²) < 4.78 is 27.4. The summed E-state index contributed by atoms with van der Waals surface area (Å²) in [7, 11) is -3.56. The van der Waals surface area contributed by atoms with Gasteiger partial charge in [0.25, 0.3) is 5.24 Å². The number of hydrogen-bond acceptors (Lipinski definition) is 5. The number of sulfonamides is 1. The van der Waals surface area contributed by atoms with Crippen molar-refractivity contribution in [1.82, 2.24) is 14.1 Å². The third kappa shape index (κ3) is 4.47. The molecule has 7 nitrogen and oxygen atoms in total. The van der Waals surface area contributed by atoms with Crippen LogP contribution in [0.2, 0.25) is 0 Å². The molecule has 2 heterocycles. The van der Waals surface area contributed by atoms with Crippen molar-refractivity contribution < 1.29 is 18.0 Å². The molecule has 0 atom stereocenters. The van der Waals surface area contributed by atoms with Gasteiger partial charge in [0.05, 0.1) is 4.90 Å². The number of nitrogens with zero attached hydrogens (tertiary/aromatic N) is 3. The molecule has 0 spiro atoms. The molecule has 1 aromatic carbocycles. The molecule has 2 aliphatic heterocycles. The summed E-state index contributed by atoms with van der Waals surface area (Å²) in [6.07, 6.45) is 0.288. The molecule has 2 saturated heterocycles. The zero-order valence-electron chi connectivity index (χ0n) is 15.7. The summed E-state index contributed by atoms with van der Waals surface area (Å²) in [4.78, 5) is 27.7. The molecule has 2 amide bonds. The first-order valence-electron chi connectivity index (χ1n) is 9.06. The maximum Gasteiger partial charge on any atom is 0.281 e. The van der Waals surface area contributed by atoms with E-state index in [9.17, 15) is 18.0 Å². The number of piperazine rings is 1. The quantitative estimate of drug-likeness (QED) is 0.737. The normalized spacial score (nSPS) is 19.0. The molecule has 2 aliphatic rings. The fourth-order valence-corrected chi connectivity index (χ4v) is 5.90. The highest BCUT2D eigenvalue weighted by Crippen LogP contribution is 2.23. The van der Waals surface area contributed by atoms with E-state index in [0.717, 1.165) is 16.9 Å². The van der Waals surface area contributed by atoms with Crippen molar-refractivity contribution in [3.05, 3.63) is 29.3 Å². The molecule has 0 saturated carbocycles. The van der Waals surface area contributed by atoms with Crippen molar-refractivity contribution in [2.24, 2.45) is 0 Å². The lowest BCUT2D eigenvalue weighted by Crippen LogP contribution is -2.51. The smallest absolute Gasteiger partial charge is 0.281 e. The largest absolute Gasteiger partial charge is 0.340 e. The highest BCUT2D eigenvalue weighted by molar-refractivity contribution is 8.13. The van der Waals surface area contributed by atoms with Crippen LogP contribution in [0.5, 0.6) is 0 Å². The summed E-state index contributed by atoms with van der Waals surface area (Å²) in [5.41, 5.74) is 1.63. The van der Waals surface area contributed by atoms with Gasteiger partial charge in [-0.25, -0.2) is 8.42 Å². The van der Waals surface area contributed by atoms with Gasteiger partial charge in [0.1, 0.15) is 0 Å². The van der Waals surface area contributed by atoms with Crippen LogP contribution in [0.15, 0.2) is 23.1 Å². The van der Waals surface area contributed by atoms with E-state index < -0.39 is 10.0 Å². The Labute approximate surface area is 164 Å². The number of amides is 2. The summed E-state index contributed by atoms with van der Waals surface area (Å²) in [6, 6.07) is 5.42. The third-order valence-electron chi connectivity index (χ3n) is 4.99. The fraction of sp³-hybridized carbons (Fsp3) is 0.556. The van der Waals surface area contributed by atoms with Gasteiger partial charge >= 0.3 is 0 Å². The van der Waals surface area contributed by atoms with Crippen molar-refractivity contribution in [2.75, 3.05) is 45.0 Å². The Morgan fingerprint density at radius 2 is 1.81 bits per heavy atom. The van der Waals surface area contributed by atoms with Gasteiger partial charge in [-0.3, -0.25) is 9.59 Å². The maximum absolute atomic E-state index is 12.9. The van der Waals surface area contributed by atoms with Crippen LogP contribution in [-0.2, 0) is 14.8 Å². The number of hydrogen-bond donors (Lipinski definition) is 0. The van der Waals surface area contributed by atoms with E-state index in [2.05, 4.69) is 0 Å². The summed E-state index contributed by atoms with van der Waals surface area (Å²) in [5, 5.41) is 0.0345. The number of carbonyl (C=O) groups excluding carboxylic acids is 2. The van der Waals surface area contributed by atoms with E-state index in [1.54, 1.807) is 22.8 Å². The van der Waals surface area contributed by atoms with E-state index in [1.807, 2.05) is 19.1 Å². The predicted molar refractivity (Wildman–Crippen MR) is 105 cm³/mol. The average molecular weight is 412 g/mol. The van der Waals surface area contributed by atoms with Crippen LogP contribution in [-0.4, -0.2) is 78.7 Å². The number of rotatable bonds is 5. The Hall–Kier alpha value is -1.58. The van der Waals surface area contributed by atoms with Gasteiger partial charge in [-0.2, -0.15) is 4.31 Å². The molecule has 9 heteroatoms. The minimum absolute atomic E-state index is 0.0246. The number of carbonyl (C=O) groups is 2. The number of benzene rings is 1. The van der Waals surface area contributed by atoms with Gasteiger partial charge in [0.2, 0.25) is 15.9 Å². The van der Waals surface area contributed by atoms with Crippen LogP contribution in [0.4, 0.5) is 4.79 Å². The second-order valence-electron chi connectivity index (χ2n) is 6.91. The van der Waals surface area contributed by atoms with E-state index >= 15 is 0 Å². The molecule has 148 valence electrons. The lowest BCUT2D eigenvalue weighted by Gasteiger charge is -2.34. The lowest BCUT2D eigenvalue weighted by molar-refractivity contribution is -0.132. The first-order valence-corrected chi connectivity index (χ1v) is 11.5. The first-order chi connectivity index (χ1) is 12.8. The van der Waals surface area contributed by atoms with Gasteiger partial charge in [-0.1, -0.05) is 23.9 Å². The Balaban J connectivity index is 1.57. The van der Waals surface area contributed by atoms with Gasteiger partial charge in [0, 0.05) is 51.4 Å². The summed E-state index contributed by atoms with van der Waals surface area (Å²) in [6.45, 7) is 6.14. The van der Waals surface area contributed by atoms with Crippen molar-refractivity contribution >= 4 is 32.9 Å². The van der Waals surface area contributed by atoms with Crippen LogP contribution in [0.3, 0.4) is 0 Å².